The normalized spacial score (nSPS) is 17.7. The quantitative estimate of drug-likeness (QED) is 0.0547. The summed E-state index contributed by atoms with van der Waals surface area (Å²) in [5.41, 5.74) is 19.9. The molecule has 10 aromatic rings. The number of carboxylic acids is 3. The number of nitrogens with one attached hydrogen (secondary N) is 1. The average Bonchev–Trinajstić information content (AvgIpc) is 1.59. The van der Waals surface area contributed by atoms with Crippen LogP contribution in [0.25, 0.3) is 33.8 Å². The third-order valence-electron chi connectivity index (χ3n) is 26.0. The number of H-pyrrole nitrogens is 1. The molecule has 32 heteroatoms. The van der Waals surface area contributed by atoms with Crippen molar-refractivity contribution in [3.8, 4) is 45.3 Å². The number of ether oxygens (including phenoxy) is 3. The summed E-state index contributed by atoms with van der Waals surface area (Å²) >= 11 is 3.49. The fourth-order valence-electron chi connectivity index (χ4n) is 16.5. The van der Waals surface area contributed by atoms with Gasteiger partial charge in [-0.1, -0.05) is 111 Å². The van der Waals surface area contributed by atoms with Gasteiger partial charge in [-0.3, -0.25) is 0 Å². The molecule has 18 rings (SSSR count). The first-order valence-electron chi connectivity index (χ1n) is 44.5. The zero-order valence-corrected chi connectivity index (χ0v) is 78.1. The van der Waals surface area contributed by atoms with Gasteiger partial charge in [-0.2, -0.15) is 23.5 Å². The fraction of sp³-hybridized carbons (Fsp3) is 0.464. The van der Waals surface area contributed by atoms with Crippen LogP contribution in [0.1, 0.15) is 252 Å². The van der Waals surface area contributed by atoms with Gasteiger partial charge < -0.3 is 57.5 Å². The Morgan fingerprint density at radius 3 is 1.12 bits per heavy atom. The van der Waals surface area contributed by atoms with Crippen LogP contribution in [-0.4, -0.2) is 166 Å². The highest BCUT2D eigenvalue weighted by atomic mass is 79.9. The molecule has 6 heterocycles. The number of aromatic nitrogens is 9. The Balaban J connectivity index is 0.000000141. The lowest BCUT2D eigenvalue weighted by atomic mass is 9.49. The van der Waals surface area contributed by atoms with Crippen LogP contribution in [0.2, 0.25) is 0 Å². The number of hydrogen-bond donors (Lipinski definition) is 4. The molecule has 3 aliphatic heterocycles. The maximum Gasteiger partial charge on any atom is 0.494 e. The number of methoxy groups -OCH3 is 2. The van der Waals surface area contributed by atoms with Gasteiger partial charge in [0.1, 0.15) is 28.6 Å². The Labute approximate surface area is 762 Å². The molecule has 3 fully saturated rings. The summed E-state index contributed by atoms with van der Waals surface area (Å²) in [6.07, 6.45) is 19.0. The number of aromatic amines is 1. The van der Waals surface area contributed by atoms with Gasteiger partial charge in [0, 0.05) is 21.2 Å². The van der Waals surface area contributed by atoms with Crippen molar-refractivity contribution < 1.29 is 89.8 Å². The van der Waals surface area contributed by atoms with Gasteiger partial charge >= 0.3 is 51.2 Å². The maximum absolute atomic E-state index is 12.5. The minimum Gasteiger partial charge on any atom is -0.497 e. The van der Waals surface area contributed by atoms with Crippen LogP contribution in [0, 0.1) is 0 Å². The first-order chi connectivity index (χ1) is 61.2. The molecule has 684 valence electrons. The molecule has 0 atom stereocenters. The van der Waals surface area contributed by atoms with Gasteiger partial charge in [0.2, 0.25) is 0 Å². The Hall–Kier alpha value is -10.3. The molecule has 0 unspecified atom stereocenters. The highest BCUT2D eigenvalue weighted by molar-refractivity contribution is 9.10. The van der Waals surface area contributed by atoms with Crippen molar-refractivity contribution in [2.24, 2.45) is 0 Å². The summed E-state index contributed by atoms with van der Waals surface area (Å²) < 4.78 is 88.1. The Bertz CT molecular complexity index is 5500. The number of benzene rings is 7. The number of esters is 1. The van der Waals surface area contributed by atoms with E-state index in [-0.39, 0.29) is 57.8 Å². The summed E-state index contributed by atoms with van der Waals surface area (Å²) in [6, 6.07) is 47.5. The molecule has 4 N–H and O–H groups in total. The van der Waals surface area contributed by atoms with Crippen LogP contribution in [0.15, 0.2) is 144 Å². The predicted octanol–water partition coefficient (Wildman–Crippen LogP) is 18.8. The fourth-order valence-corrected chi connectivity index (χ4v) is 16.9. The summed E-state index contributed by atoms with van der Waals surface area (Å²) in [7, 11) is 2.09. The van der Waals surface area contributed by atoms with Gasteiger partial charge in [0.05, 0.1) is 67.5 Å². The van der Waals surface area contributed by atoms with Crippen molar-refractivity contribution in [3.05, 3.63) is 228 Å². The second-order valence-electron chi connectivity index (χ2n) is 36.5. The Morgan fingerprint density at radius 2 is 0.752 bits per heavy atom. The van der Waals surface area contributed by atoms with Gasteiger partial charge in [0.25, 0.3) is 0 Å². The molecular formula is C97H118B3BrF3N9O16. The minimum absolute atomic E-state index is 0.0146. The van der Waals surface area contributed by atoms with Crippen LogP contribution < -0.4 is 14.9 Å². The zero-order chi connectivity index (χ0) is 93.0. The average molecular weight is 1840 g/mol. The van der Waals surface area contributed by atoms with Gasteiger partial charge in [0.15, 0.2) is 17.1 Å². The lowest BCUT2D eigenvalue weighted by Crippen LogP contribution is -2.41. The van der Waals surface area contributed by atoms with Gasteiger partial charge in [-0.15, -0.1) is 15.3 Å². The molecule has 8 aliphatic rings. The van der Waals surface area contributed by atoms with E-state index < -0.39 is 44.1 Å². The molecule has 3 aromatic heterocycles. The number of fused-ring (bicyclic) bond motifs is 5. The third kappa shape index (κ3) is 24.1. The number of hydrogen-bond acceptors (Lipinski definition) is 19. The summed E-state index contributed by atoms with van der Waals surface area (Å²) in [4.78, 5) is 44.1. The second kappa shape index (κ2) is 41.8. The van der Waals surface area contributed by atoms with Crippen LogP contribution in [-0.2, 0) is 115 Å². The van der Waals surface area contributed by atoms with Crippen LogP contribution in [0.5, 0.6) is 11.5 Å². The number of nitrogens with zero attached hydrogens (tertiary/aromatic N) is 8. The Kier molecular flexibility index (Phi) is 31.7. The van der Waals surface area contributed by atoms with E-state index in [1.807, 2.05) is 122 Å². The topological polar surface area (TPSA) is 315 Å². The van der Waals surface area contributed by atoms with Crippen molar-refractivity contribution in [2.45, 2.75) is 271 Å². The van der Waals surface area contributed by atoms with Crippen molar-refractivity contribution in [2.75, 3.05) is 20.8 Å². The van der Waals surface area contributed by atoms with Gasteiger partial charge in [-0.25, -0.2) is 28.5 Å². The Morgan fingerprint density at radius 1 is 0.426 bits per heavy atom. The van der Waals surface area contributed by atoms with Crippen molar-refractivity contribution in [3.63, 3.8) is 0 Å². The van der Waals surface area contributed by atoms with E-state index in [4.69, 9.17) is 57.1 Å². The van der Waals surface area contributed by atoms with E-state index in [1.54, 1.807) is 41.6 Å². The SMILES string of the molecule is Brc1ccc2c(c1)CCCC2.CC1(C)OB(B2OC(C)(C)C(C)(C)O2)OC1(C)C.CC1(C)OB(c2ccc3c(c2)CCCC3)OC1(C)C.CCOC(=O)c1nnn(Cc2ccc(OC)cc2)c1-c1ccc2c(c1)CCCC2.COc1ccc(Cn2nnc(C(=O)O)c2-c2ccc3c(c2)CCCC3)cc1.O=C(O)C(F)(F)F.O=C(O)c1n[nH]nc1-c1ccc2c(c1)CCCC2. The van der Waals surface area contributed by atoms with E-state index in [2.05, 4.69) is 152 Å². The molecule has 129 heavy (non-hydrogen) atoms. The zero-order valence-electron chi connectivity index (χ0n) is 76.5. The summed E-state index contributed by atoms with van der Waals surface area (Å²) in [5, 5.41) is 52.2. The molecule has 7 aromatic carbocycles. The van der Waals surface area contributed by atoms with Crippen molar-refractivity contribution in [1.82, 2.24) is 45.4 Å². The van der Waals surface area contributed by atoms with E-state index in [9.17, 15) is 32.7 Å². The molecular weight excluding hydrogens is 1720 g/mol. The number of aliphatic carboxylic acids is 1. The monoisotopic (exact) mass is 1830 g/mol. The summed E-state index contributed by atoms with van der Waals surface area (Å²) in [6.45, 7) is 27.7. The highest BCUT2D eigenvalue weighted by Crippen LogP contribution is 2.44. The molecule has 3 saturated heterocycles. The first kappa shape index (κ1) is 97.7. The number of aromatic carboxylic acids is 2. The largest absolute Gasteiger partial charge is 0.497 e. The van der Waals surface area contributed by atoms with Crippen LogP contribution in [0.4, 0.5) is 13.2 Å². The van der Waals surface area contributed by atoms with Crippen molar-refractivity contribution >= 4 is 66.4 Å². The van der Waals surface area contributed by atoms with E-state index in [0.29, 0.717) is 36.8 Å². The lowest BCUT2D eigenvalue weighted by Gasteiger charge is -2.32. The van der Waals surface area contributed by atoms with Crippen LogP contribution in [0.3, 0.4) is 0 Å². The number of carboxylic acid groups (broad SMARTS) is 3. The number of carbonyl (C=O) groups excluding carboxylic acids is 1. The second-order valence-corrected chi connectivity index (χ2v) is 37.4. The number of alkyl halides is 3. The molecule has 0 saturated carbocycles. The number of rotatable bonds is 15. The van der Waals surface area contributed by atoms with E-state index >= 15 is 0 Å². The molecule has 0 bridgehead atoms. The molecule has 0 spiro atoms. The predicted molar refractivity (Wildman–Crippen MR) is 492 cm³/mol. The smallest absolute Gasteiger partial charge is 0.494 e. The lowest BCUT2D eigenvalue weighted by molar-refractivity contribution is -0.192. The molecule has 0 amide bonds. The molecule has 5 aliphatic carbocycles. The number of halogens is 4. The van der Waals surface area contributed by atoms with E-state index in [1.165, 1.54) is 144 Å². The molecule has 0 radical (unpaired) electrons. The van der Waals surface area contributed by atoms with E-state index in [0.717, 1.165) is 77.8 Å². The first-order valence-corrected chi connectivity index (χ1v) is 45.3. The molecule has 25 nitrogen and oxygen atoms in total. The van der Waals surface area contributed by atoms with Gasteiger partial charge in [-0.05, 0) is 345 Å². The number of aryl methyl sites for hydroxylation is 10. The maximum atomic E-state index is 12.5. The third-order valence-corrected chi connectivity index (χ3v) is 26.5. The highest BCUT2D eigenvalue weighted by Gasteiger charge is 2.64. The minimum atomic E-state index is -5.08. The number of carbonyl (C=O) groups is 4. The summed E-state index contributed by atoms with van der Waals surface area (Å²) in [5.74, 6) is -3.75. The standard InChI is InChI=1S/C23H25N3O3.C21H21N3O3.C16H23BO2.C13H13N3O2.C12H24B2O4.C10H11Br.C2HF3O2/c1-3-29-23(27)21-22(19-11-10-17-6-4-5-7-18(17)14-19)26(25-24-21)15-16-8-12-20(28-2)13-9-16;1-27-18-10-6-14(7-11-18)13-24-20(19(21(25)26)22-23-24)17-9-8-15-4-2-3-5-16(15)12-17;1-15(2)16(3,4)19-17(18-15)14-10-9-12-7-5-6-8-13(12)11-14;17-13(18)12-11(14-16-15-12)10-6-5-8-3-1-2-4-9(8)7-10;1-9(2)10(3,4)16-13(15-9)14-17-11(5,6)12(7,8)18-14;11-10-6-5-8-3-1-2-4-9(8)7-10;3-2(4,5)1(6)7/h8-14H,3-7,15H2,1-2H3;6-12H,2-5,13H2,1H3,(H,25,26);9-11H,5-8H2,1-4H3;5-7H,1-4H2,(H,17,18)(H,14,15,16);1-8H3;5-7H,1-4H2;(H,6,7). The van der Waals surface area contributed by atoms with Crippen molar-refractivity contribution in [1.29, 1.82) is 0 Å². The van der Waals surface area contributed by atoms with Crippen LogP contribution >= 0.6 is 15.9 Å².